The van der Waals surface area contributed by atoms with Crippen molar-refractivity contribution in [1.82, 2.24) is 5.32 Å². The van der Waals surface area contributed by atoms with E-state index < -0.39 is 6.09 Å². The van der Waals surface area contributed by atoms with Crippen LogP contribution in [0.4, 0.5) is 4.79 Å². The molecule has 3 aromatic rings. The van der Waals surface area contributed by atoms with Gasteiger partial charge in [0.1, 0.15) is 18.1 Å². The Kier molecular flexibility index (Phi) is 6.53. The summed E-state index contributed by atoms with van der Waals surface area (Å²) in [5, 5.41) is 2.93. The summed E-state index contributed by atoms with van der Waals surface area (Å²) in [5.41, 5.74) is 0.665. The van der Waals surface area contributed by atoms with Crippen LogP contribution in [0, 0.1) is 5.41 Å². The van der Waals surface area contributed by atoms with Gasteiger partial charge < -0.3 is 19.5 Å². The van der Waals surface area contributed by atoms with Gasteiger partial charge in [-0.15, -0.1) is 12.4 Å². The van der Waals surface area contributed by atoms with Gasteiger partial charge in [-0.25, -0.2) is 4.79 Å². The summed E-state index contributed by atoms with van der Waals surface area (Å²) in [7, 11) is 0. The molecule has 0 bridgehead atoms. The molecule has 1 N–H and O–H groups in total. The van der Waals surface area contributed by atoms with E-state index in [1.807, 2.05) is 78.9 Å². The minimum absolute atomic E-state index is 0. The predicted octanol–water partition coefficient (Wildman–Crippen LogP) is 6.50. The highest BCUT2D eigenvalue weighted by molar-refractivity contribution is 5.85. The second-order valence-electron chi connectivity index (χ2n) is 7.68. The number of carbonyl (C=O) groups is 1. The summed E-state index contributed by atoms with van der Waals surface area (Å²) in [6, 6.07) is 24.6. The number of para-hydroxylation sites is 2. The van der Waals surface area contributed by atoms with Crippen LogP contribution >= 0.6 is 12.4 Å². The Morgan fingerprint density at radius 2 is 1.43 bits per heavy atom. The van der Waals surface area contributed by atoms with E-state index >= 15 is 0 Å². The normalized spacial score (nSPS) is 17.1. The molecule has 1 aliphatic rings. The highest BCUT2D eigenvalue weighted by atomic mass is 35.5. The highest BCUT2D eigenvalue weighted by Gasteiger charge is 2.38. The Balaban J connectivity index is 0.00000256. The van der Waals surface area contributed by atoms with Crippen molar-refractivity contribution in [1.29, 1.82) is 0 Å². The molecule has 4 rings (SSSR count). The van der Waals surface area contributed by atoms with Crippen LogP contribution < -0.4 is 14.8 Å². The number of cyclic esters (lactones) is 1. The standard InChI is InChI=1S/C24H23NO4.ClH/c1-24(2)16-27-23(26)25-22(24)17-13-14-20(28-18-9-5-3-6-10-18)21(15-17)29-19-11-7-4-8-12-19;/h3-15,22H,16H2,1-2H3,(H,25,26);1H/t22-;/m1./s1. The number of hydrogen-bond acceptors (Lipinski definition) is 4. The van der Waals surface area contributed by atoms with Gasteiger partial charge in [0.15, 0.2) is 11.5 Å². The Hall–Kier alpha value is -3.18. The maximum atomic E-state index is 11.8. The van der Waals surface area contributed by atoms with Crippen molar-refractivity contribution in [3.05, 3.63) is 84.4 Å². The molecule has 6 heteroatoms. The Labute approximate surface area is 182 Å². The van der Waals surface area contributed by atoms with Crippen LogP contribution in [0.3, 0.4) is 0 Å². The fraction of sp³-hybridized carbons (Fsp3) is 0.208. The number of amides is 1. The molecule has 1 heterocycles. The first-order chi connectivity index (χ1) is 14.0. The fourth-order valence-corrected chi connectivity index (χ4v) is 3.32. The summed E-state index contributed by atoms with van der Waals surface area (Å²) < 4.78 is 17.4. The van der Waals surface area contributed by atoms with Crippen molar-refractivity contribution in [2.24, 2.45) is 5.41 Å². The topological polar surface area (TPSA) is 56.8 Å². The van der Waals surface area contributed by atoms with Gasteiger partial charge in [0.25, 0.3) is 0 Å². The van der Waals surface area contributed by atoms with Crippen LogP contribution in [0.5, 0.6) is 23.0 Å². The van der Waals surface area contributed by atoms with E-state index in [9.17, 15) is 4.79 Å². The lowest BCUT2D eigenvalue weighted by molar-refractivity contribution is 0.0387. The van der Waals surface area contributed by atoms with E-state index in [0.717, 1.165) is 11.3 Å². The first-order valence-electron chi connectivity index (χ1n) is 9.54. The maximum absolute atomic E-state index is 11.8. The number of rotatable bonds is 5. The summed E-state index contributed by atoms with van der Waals surface area (Å²) in [5.74, 6) is 2.60. The van der Waals surface area contributed by atoms with Gasteiger partial charge in [-0.3, -0.25) is 0 Å². The van der Waals surface area contributed by atoms with Crippen molar-refractivity contribution in [3.8, 4) is 23.0 Å². The van der Waals surface area contributed by atoms with Crippen LogP contribution in [0.15, 0.2) is 78.9 Å². The molecule has 1 amide bonds. The minimum Gasteiger partial charge on any atom is -0.453 e. The number of nitrogens with one attached hydrogen (secondary N) is 1. The smallest absolute Gasteiger partial charge is 0.407 e. The lowest BCUT2D eigenvalue weighted by atomic mass is 9.80. The van der Waals surface area contributed by atoms with Crippen LogP contribution in [-0.2, 0) is 4.74 Å². The summed E-state index contributed by atoms with van der Waals surface area (Å²) in [6.07, 6.45) is -0.413. The van der Waals surface area contributed by atoms with Crippen molar-refractivity contribution < 1.29 is 19.0 Å². The molecule has 30 heavy (non-hydrogen) atoms. The third-order valence-corrected chi connectivity index (χ3v) is 4.86. The molecule has 0 saturated carbocycles. The molecule has 1 saturated heterocycles. The molecule has 0 aromatic heterocycles. The third kappa shape index (κ3) is 4.86. The number of benzene rings is 3. The molecular weight excluding hydrogens is 402 g/mol. The van der Waals surface area contributed by atoms with Gasteiger partial charge >= 0.3 is 6.09 Å². The molecule has 1 atom stereocenters. The van der Waals surface area contributed by atoms with Crippen LogP contribution in [0.1, 0.15) is 25.5 Å². The van der Waals surface area contributed by atoms with E-state index in [1.54, 1.807) is 0 Å². The lowest BCUT2D eigenvalue weighted by Gasteiger charge is -2.38. The number of carbonyl (C=O) groups excluding carboxylic acids is 1. The number of ether oxygens (including phenoxy) is 3. The van der Waals surface area contributed by atoms with Gasteiger partial charge in [-0.1, -0.05) is 56.3 Å². The second kappa shape index (κ2) is 9.09. The summed E-state index contributed by atoms with van der Waals surface area (Å²) in [4.78, 5) is 11.8. The monoisotopic (exact) mass is 425 g/mol. The molecular formula is C24H24ClNO4. The largest absolute Gasteiger partial charge is 0.453 e. The molecule has 0 spiro atoms. The van der Waals surface area contributed by atoms with Crippen molar-refractivity contribution in [2.45, 2.75) is 19.9 Å². The third-order valence-electron chi connectivity index (χ3n) is 4.86. The zero-order valence-corrected chi connectivity index (χ0v) is 17.6. The zero-order valence-electron chi connectivity index (χ0n) is 16.8. The average molecular weight is 426 g/mol. The lowest BCUT2D eigenvalue weighted by Crippen LogP contribution is -2.46. The van der Waals surface area contributed by atoms with E-state index in [4.69, 9.17) is 14.2 Å². The quantitative estimate of drug-likeness (QED) is 0.506. The maximum Gasteiger partial charge on any atom is 0.407 e. The zero-order chi connectivity index (χ0) is 20.3. The molecule has 1 fully saturated rings. The van der Waals surface area contributed by atoms with E-state index in [2.05, 4.69) is 19.2 Å². The van der Waals surface area contributed by atoms with Crippen LogP contribution in [0.25, 0.3) is 0 Å². The second-order valence-corrected chi connectivity index (χ2v) is 7.68. The van der Waals surface area contributed by atoms with Gasteiger partial charge in [0.2, 0.25) is 0 Å². The number of hydrogen-bond donors (Lipinski definition) is 1. The van der Waals surface area contributed by atoms with E-state index in [1.165, 1.54) is 0 Å². The Morgan fingerprint density at radius 3 is 2.03 bits per heavy atom. The van der Waals surface area contributed by atoms with Gasteiger partial charge in [-0.2, -0.15) is 0 Å². The van der Waals surface area contributed by atoms with Gasteiger partial charge in [0, 0.05) is 5.41 Å². The summed E-state index contributed by atoms with van der Waals surface area (Å²) >= 11 is 0. The molecule has 5 nitrogen and oxygen atoms in total. The highest BCUT2D eigenvalue weighted by Crippen LogP contribution is 2.41. The molecule has 3 aromatic carbocycles. The van der Waals surface area contributed by atoms with E-state index in [-0.39, 0.29) is 23.9 Å². The van der Waals surface area contributed by atoms with Gasteiger partial charge in [0.05, 0.1) is 6.04 Å². The molecule has 156 valence electrons. The molecule has 0 aliphatic carbocycles. The first kappa shape index (κ1) is 21.5. The number of halogens is 1. The van der Waals surface area contributed by atoms with Crippen molar-refractivity contribution >= 4 is 18.5 Å². The minimum atomic E-state index is -0.413. The predicted molar refractivity (Wildman–Crippen MR) is 118 cm³/mol. The average Bonchev–Trinajstić information content (AvgIpc) is 2.73. The van der Waals surface area contributed by atoms with Crippen molar-refractivity contribution in [3.63, 3.8) is 0 Å². The van der Waals surface area contributed by atoms with Gasteiger partial charge in [-0.05, 0) is 42.0 Å². The summed E-state index contributed by atoms with van der Waals surface area (Å²) in [6.45, 7) is 4.47. The fourth-order valence-electron chi connectivity index (χ4n) is 3.32. The number of alkyl carbamates (subject to hydrolysis) is 1. The van der Waals surface area contributed by atoms with E-state index in [0.29, 0.717) is 23.9 Å². The Morgan fingerprint density at radius 1 is 0.867 bits per heavy atom. The van der Waals surface area contributed by atoms with Crippen LogP contribution in [-0.4, -0.2) is 12.7 Å². The molecule has 0 radical (unpaired) electrons. The SMILES string of the molecule is CC1(C)COC(=O)N[C@@H]1c1ccc(Oc2ccccc2)c(Oc2ccccc2)c1.Cl. The van der Waals surface area contributed by atoms with Crippen LogP contribution in [0.2, 0.25) is 0 Å². The first-order valence-corrected chi connectivity index (χ1v) is 9.54. The molecule has 0 unspecified atom stereocenters. The van der Waals surface area contributed by atoms with Crippen molar-refractivity contribution in [2.75, 3.05) is 6.61 Å². The Bertz CT molecular complexity index is 993. The molecule has 1 aliphatic heterocycles.